The van der Waals surface area contributed by atoms with Gasteiger partial charge in [-0.15, -0.1) is 0 Å². The van der Waals surface area contributed by atoms with Crippen LogP contribution in [0.3, 0.4) is 0 Å². The smallest absolute Gasteiger partial charge is 0.247 e. The Bertz CT molecular complexity index is 653. The summed E-state index contributed by atoms with van der Waals surface area (Å²) >= 11 is 0. The Morgan fingerprint density at radius 1 is 1.38 bits per heavy atom. The summed E-state index contributed by atoms with van der Waals surface area (Å²) in [6.45, 7) is 0. The van der Waals surface area contributed by atoms with E-state index in [-0.39, 0.29) is 0 Å². The SMILES string of the molecule is Cn1cnc(-c2nc3ccc(N)cc3o2)c1. The fourth-order valence-corrected chi connectivity index (χ4v) is 1.57. The van der Waals surface area contributed by atoms with E-state index in [2.05, 4.69) is 9.97 Å². The van der Waals surface area contributed by atoms with Gasteiger partial charge < -0.3 is 14.7 Å². The highest BCUT2D eigenvalue weighted by Gasteiger charge is 2.10. The lowest BCUT2D eigenvalue weighted by Gasteiger charge is -1.88. The number of anilines is 1. The maximum atomic E-state index is 5.67. The molecule has 0 aliphatic rings. The highest BCUT2D eigenvalue weighted by Crippen LogP contribution is 2.24. The van der Waals surface area contributed by atoms with Crippen molar-refractivity contribution in [2.75, 3.05) is 5.73 Å². The summed E-state index contributed by atoms with van der Waals surface area (Å²) in [6.07, 6.45) is 3.56. The molecule has 0 spiro atoms. The minimum Gasteiger partial charge on any atom is -0.435 e. The Balaban J connectivity index is 2.18. The van der Waals surface area contributed by atoms with Gasteiger partial charge in [0.15, 0.2) is 5.58 Å². The van der Waals surface area contributed by atoms with E-state index in [0.717, 1.165) is 11.2 Å². The summed E-state index contributed by atoms with van der Waals surface area (Å²) in [5.41, 5.74) is 8.52. The van der Waals surface area contributed by atoms with Crippen molar-refractivity contribution in [1.29, 1.82) is 0 Å². The predicted molar refractivity (Wildman–Crippen MR) is 60.6 cm³/mol. The molecule has 2 aromatic heterocycles. The molecule has 5 nitrogen and oxygen atoms in total. The molecule has 0 aliphatic heterocycles. The Hall–Kier alpha value is -2.30. The van der Waals surface area contributed by atoms with Crippen LogP contribution in [0.2, 0.25) is 0 Å². The minimum atomic E-state index is 0.515. The number of benzene rings is 1. The Kier molecular flexibility index (Phi) is 1.73. The second-order valence-corrected chi connectivity index (χ2v) is 3.67. The topological polar surface area (TPSA) is 69.9 Å². The van der Waals surface area contributed by atoms with Crippen molar-refractivity contribution in [1.82, 2.24) is 14.5 Å². The van der Waals surface area contributed by atoms with Crippen molar-refractivity contribution in [3.05, 3.63) is 30.7 Å². The molecular weight excluding hydrogens is 204 g/mol. The molecule has 0 bridgehead atoms. The number of hydrogen-bond donors (Lipinski definition) is 1. The van der Waals surface area contributed by atoms with Crippen molar-refractivity contribution in [2.24, 2.45) is 7.05 Å². The summed E-state index contributed by atoms with van der Waals surface area (Å²) < 4.78 is 7.43. The predicted octanol–water partition coefficient (Wildman–Crippen LogP) is 1.81. The Morgan fingerprint density at radius 3 is 3.00 bits per heavy atom. The second-order valence-electron chi connectivity index (χ2n) is 3.67. The lowest BCUT2D eigenvalue weighted by Crippen LogP contribution is -1.81. The molecule has 80 valence electrons. The average molecular weight is 214 g/mol. The van der Waals surface area contributed by atoms with E-state index in [1.807, 2.05) is 23.9 Å². The van der Waals surface area contributed by atoms with Crippen LogP contribution in [0, 0.1) is 0 Å². The third-order valence-electron chi connectivity index (χ3n) is 2.34. The van der Waals surface area contributed by atoms with Crippen LogP contribution in [0.4, 0.5) is 5.69 Å². The molecule has 16 heavy (non-hydrogen) atoms. The zero-order valence-corrected chi connectivity index (χ0v) is 8.71. The van der Waals surface area contributed by atoms with E-state index < -0.39 is 0 Å². The summed E-state index contributed by atoms with van der Waals surface area (Å²) in [6, 6.07) is 5.39. The zero-order chi connectivity index (χ0) is 11.1. The number of nitrogens with two attached hydrogens (primary N) is 1. The maximum absolute atomic E-state index is 5.67. The van der Waals surface area contributed by atoms with Crippen LogP contribution < -0.4 is 5.73 Å². The fraction of sp³-hybridized carbons (Fsp3) is 0.0909. The van der Waals surface area contributed by atoms with Gasteiger partial charge in [0.05, 0.1) is 6.33 Å². The number of nitrogen functional groups attached to an aromatic ring is 1. The molecule has 0 amide bonds. The van der Waals surface area contributed by atoms with E-state index in [4.69, 9.17) is 10.2 Å². The highest BCUT2D eigenvalue weighted by molar-refractivity contribution is 5.78. The summed E-state index contributed by atoms with van der Waals surface area (Å²) in [5, 5.41) is 0. The largest absolute Gasteiger partial charge is 0.435 e. The van der Waals surface area contributed by atoms with Gasteiger partial charge in [0.2, 0.25) is 5.89 Å². The highest BCUT2D eigenvalue weighted by atomic mass is 16.3. The van der Waals surface area contributed by atoms with Crippen molar-refractivity contribution in [3.63, 3.8) is 0 Å². The number of fused-ring (bicyclic) bond motifs is 1. The second kappa shape index (κ2) is 3.10. The number of aromatic nitrogens is 3. The summed E-state index contributed by atoms with van der Waals surface area (Å²) in [5.74, 6) is 0.515. The number of rotatable bonds is 1. The lowest BCUT2D eigenvalue weighted by molar-refractivity contribution is 0.617. The summed E-state index contributed by atoms with van der Waals surface area (Å²) in [7, 11) is 1.90. The first-order valence-corrected chi connectivity index (χ1v) is 4.87. The van der Waals surface area contributed by atoms with E-state index in [1.54, 1.807) is 18.5 Å². The number of hydrogen-bond acceptors (Lipinski definition) is 4. The molecular formula is C11H10N4O. The molecule has 0 fully saturated rings. The van der Waals surface area contributed by atoms with Gasteiger partial charge in [0.25, 0.3) is 0 Å². The van der Waals surface area contributed by atoms with Gasteiger partial charge in [-0.3, -0.25) is 0 Å². The molecule has 0 unspecified atom stereocenters. The van der Waals surface area contributed by atoms with Crippen LogP contribution in [0.25, 0.3) is 22.7 Å². The molecule has 2 N–H and O–H groups in total. The zero-order valence-electron chi connectivity index (χ0n) is 8.71. The van der Waals surface area contributed by atoms with Crippen LogP contribution in [-0.4, -0.2) is 14.5 Å². The number of aryl methyl sites for hydroxylation is 1. The van der Waals surface area contributed by atoms with Gasteiger partial charge in [-0.05, 0) is 12.1 Å². The maximum Gasteiger partial charge on any atom is 0.247 e. The third kappa shape index (κ3) is 1.33. The van der Waals surface area contributed by atoms with Crippen molar-refractivity contribution < 1.29 is 4.42 Å². The van der Waals surface area contributed by atoms with E-state index in [1.165, 1.54) is 0 Å². The van der Waals surface area contributed by atoms with Gasteiger partial charge in [-0.2, -0.15) is 0 Å². The first kappa shape index (κ1) is 8.96. The Morgan fingerprint density at radius 2 is 2.25 bits per heavy atom. The fourth-order valence-electron chi connectivity index (χ4n) is 1.57. The van der Waals surface area contributed by atoms with E-state index >= 15 is 0 Å². The molecule has 5 heteroatoms. The standard InChI is InChI=1S/C11H10N4O/c1-15-5-9(13-6-15)11-14-8-3-2-7(12)4-10(8)16-11/h2-6H,12H2,1H3. The van der Waals surface area contributed by atoms with Gasteiger partial charge in [0, 0.05) is 25.0 Å². The monoisotopic (exact) mass is 214 g/mol. The molecule has 0 saturated heterocycles. The molecule has 1 aromatic carbocycles. The van der Waals surface area contributed by atoms with Gasteiger partial charge >= 0.3 is 0 Å². The van der Waals surface area contributed by atoms with E-state index in [9.17, 15) is 0 Å². The molecule has 3 aromatic rings. The minimum absolute atomic E-state index is 0.515. The van der Waals surface area contributed by atoms with Crippen molar-refractivity contribution in [3.8, 4) is 11.6 Å². The molecule has 3 rings (SSSR count). The van der Waals surface area contributed by atoms with Gasteiger partial charge in [-0.25, -0.2) is 9.97 Å². The molecule has 2 heterocycles. The quantitative estimate of drug-likeness (QED) is 0.627. The Labute approximate surface area is 91.5 Å². The number of oxazole rings is 1. The first-order chi connectivity index (χ1) is 7.72. The molecule has 0 atom stereocenters. The number of imidazole rings is 1. The first-order valence-electron chi connectivity index (χ1n) is 4.87. The summed E-state index contributed by atoms with van der Waals surface area (Å²) in [4.78, 5) is 8.52. The molecule has 0 radical (unpaired) electrons. The molecule has 0 saturated carbocycles. The van der Waals surface area contributed by atoms with Crippen LogP contribution >= 0.6 is 0 Å². The van der Waals surface area contributed by atoms with Crippen molar-refractivity contribution in [2.45, 2.75) is 0 Å². The van der Waals surface area contributed by atoms with Crippen LogP contribution in [0.5, 0.6) is 0 Å². The number of nitrogens with zero attached hydrogens (tertiary/aromatic N) is 3. The normalized spacial score (nSPS) is 11.1. The third-order valence-corrected chi connectivity index (χ3v) is 2.34. The van der Waals surface area contributed by atoms with Gasteiger partial charge in [0.1, 0.15) is 11.2 Å². The lowest BCUT2D eigenvalue weighted by atomic mass is 10.3. The molecule has 0 aliphatic carbocycles. The van der Waals surface area contributed by atoms with Gasteiger partial charge in [-0.1, -0.05) is 0 Å². The van der Waals surface area contributed by atoms with Crippen LogP contribution in [-0.2, 0) is 7.05 Å². The van der Waals surface area contributed by atoms with Crippen molar-refractivity contribution >= 4 is 16.8 Å². The average Bonchev–Trinajstić information content (AvgIpc) is 2.83. The van der Waals surface area contributed by atoms with Crippen LogP contribution in [0.15, 0.2) is 35.1 Å². The van der Waals surface area contributed by atoms with Crippen LogP contribution in [0.1, 0.15) is 0 Å². The van der Waals surface area contributed by atoms with E-state index in [0.29, 0.717) is 17.2 Å².